The molecule has 3 aromatic rings. The van der Waals surface area contributed by atoms with Gasteiger partial charge in [0.1, 0.15) is 5.56 Å². The van der Waals surface area contributed by atoms with Crippen LogP contribution in [-0.4, -0.2) is 17.0 Å². The van der Waals surface area contributed by atoms with E-state index in [-0.39, 0.29) is 17.0 Å². The Balaban J connectivity index is 1.93. The Morgan fingerprint density at radius 1 is 1.07 bits per heavy atom. The minimum atomic E-state index is -0.302. The summed E-state index contributed by atoms with van der Waals surface area (Å²) in [5, 5.41) is 0.645. The first-order chi connectivity index (χ1) is 13.0. The lowest BCUT2D eigenvalue weighted by molar-refractivity contribution is 0.0986. The van der Waals surface area contributed by atoms with Gasteiger partial charge in [-0.15, -0.1) is 0 Å². The Kier molecular flexibility index (Phi) is 5.77. The van der Waals surface area contributed by atoms with E-state index in [1.54, 1.807) is 39.9 Å². The average Bonchev–Trinajstić information content (AvgIpc) is 2.66. The van der Waals surface area contributed by atoms with Gasteiger partial charge in [0.05, 0.1) is 6.54 Å². The van der Waals surface area contributed by atoms with E-state index in [4.69, 9.17) is 11.6 Å². The van der Waals surface area contributed by atoms with Gasteiger partial charge in [-0.25, -0.2) is 0 Å². The van der Waals surface area contributed by atoms with Crippen LogP contribution in [0.2, 0.25) is 5.02 Å². The summed E-state index contributed by atoms with van der Waals surface area (Å²) < 4.78 is 1.54. The molecule has 0 saturated heterocycles. The standard InChI is InChI=1S/C22H21ClN2O2/c1-3-25(19-7-4-6-16(2)14-19)22(27)20-8-5-13-24(21(20)26)15-17-9-11-18(23)12-10-17/h4-14H,3,15H2,1-2H3. The number of amides is 1. The second kappa shape index (κ2) is 8.23. The number of pyridine rings is 1. The summed E-state index contributed by atoms with van der Waals surface area (Å²) in [5.74, 6) is -0.293. The number of hydrogen-bond donors (Lipinski definition) is 0. The molecule has 0 fully saturated rings. The first-order valence-electron chi connectivity index (χ1n) is 8.82. The van der Waals surface area contributed by atoms with E-state index in [0.717, 1.165) is 16.8 Å². The Bertz CT molecular complexity index is 1010. The largest absolute Gasteiger partial charge is 0.310 e. The van der Waals surface area contributed by atoms with E-state index in [9.17, 15) is 9.59 Å². The number of hydrogen-bond acceptors (Lipinski definition) is 2. The lowest BCUT2D eigenvalue weighted by atomic mass is 10.1. The van der Waals surface area contributed by atoms with Gasteiger partial charge in [0.15, 0.2) is 0 Å². The Labute approximate surface area is 163 Å². The third-order valence-corrected chi connectivity index (χ3v) is 4.64. The van der Waals surface area contributed by atoms with Crippen LogP contribution in [0.1, 0.15) is 28.4 Å². The molecule has 0 aliphatic rings. The number of carbonyl (C=O) groups is 1. The number of carbonyl (C=O) groups excluding carboxylic acids is 1. The molecular formula is C22H21ClN2O2. The number of aryl methyl sites for hydroxylation is 1. The highest BCUT2D eigenvalue weighted by atomic mass is 35.5. The molecule has 3 rings (SSSR count). The van der Waals surface area contributed by atoms with E-state index >= 15 is 0 Å². The van der Waals surface area contributed by atoms with Gasteiger partial charge in [-0.2, -0.15) is 0 Å². The van der Waals surface area contributed by atoms with Crippen molar-refractivity contribution < 1.29 is 4.79 Å². The SMILES string of the molecule is CCN(C(=O)c1cccn(Cc2ccc(Cl)cc2)c1=O)c1cccc(C)c1. The predicted octanol–water partition coefficient (Wildman–Crippen LogP) is 4.53. The van der Waals surface area contributed by atoms with Gasteiger partial charge >= 0.3 is 0 Å². The molecule has 0 atom stereocenters. The molecule has 1 aromatic heterocycles. The normalized spacial score (nSPS) is 10.6. The molecule has 0 aliphatic heterocycles. The summed E-state index contributed by atoms with van der Waals surface area (Å²) in [7, 11) is 0. The third kappa shape index (κ3) is 4.29. The average molecular weight is 381 g/mol. The molecule has 5 heteroatoms. The number of benzene rings is 2. The summed E-state index contributed by atoms with van der Waals surface area (Å²) in [6.45, 7) is 4.74. The van der Waals surface area contributed by atoms with E-state index in [0.29, 0.717) is 18.1 Å². The topological polar surface area (TPSA) is 42.3 Å². The van der Waals surface area contributed by atoms with Crippen molar-refractivity contribution in [3.05, 3.63) is 98.9 Å². The quantitative estimate of drug-likeness (QED) is 0.652. The minimum Gasteiger partial charge on any atom is -0.310 e. The second-order valence-electron chi connectivity index (χ2n) is 6.37. The highest BCUT2D eigenvalue weighted by Gasteiger charge is 2.20. The maximum Gasteiger partial charge on any atom is 0.263 e. The predicted molar refractivity (Wildman–Crippen MR) is 110 cm³/mol. The first kappa shape index (κ1) is 18.9. The molecule has 0 saturated carbocycles. The highest BCUT2D eigenvalue weighted by molar-refractivity contribution is 6.30. The van der Waals surface area contributed by atoms with Gasteiger partial charge < -0.3 is 9.47 Å². The fraction of sp³-hybridized carbons (Fsp3) is 0.182. The molecule has 1 heterocycles. The van der Waals surface area contributed by atoms with Crippen LogP contribution < -0.4 is 10.5 Å². The van der Waals surface area contributed by atoms with Crippen molar-refractivity contribution in [1.29, 1.82) is 0 Å². The van der Waals surface area contributed by atoms with Gasteiger partial charge in [-0.05, 0) is 61.4 Å². The van der Waals surface area contributed by atoms with Crippen molar-refractivity contribution >= 4 is 23.2 Å². The lowest BCUT2D eigenvalue weighted by Crippen LogP contribution is -2.36. The zero-order valence-corrected chi connectivity index (χ0v) is 16.1. The molecule has 0 radical (unpaired) electrons. The first-order valence-corrected chi connectivity index (χ1v) is 9.20. The number of halogens is 1. The smallest absolute Gasteiger partial charge is 0.263 e. The molecule has 4 nitrogen and oxygen atoms in total. The molecule has 138 valence electrons. The molecular weight excluding hydrogens is 360 g/mol. The Morgan fingerprint density at radius 2 is 1.81 bits per heavy atom. The van der Waals surface area contributed by atoms with Crippen LogP contribution >= 0.6 is 11.6 Å². The van der Waals surface area contributed by atoms with Crippen molar-refractivity contribution in [2.45, 2.75) is 20.4 Å². The van der Waals surface area contributed by atoms with E-state index in [2.05, 4.69) is 0 Å². The summed E-state index contributed by atoms with van der Waals surface area (Å²) in [4.78, 5) is 27.6. The molecule has 0 N–H and O–H groups in total. The molecule has 0 bridgehead atoms. The molecule has 0 aliphatic carbocycles. The summed E-state index contributed by atoms with van der Waals surface area (Å²) in [6, 6.07) is 18.3. The molecule has 2 aromatic carbocycles. The monoisotopic (exact) mass is 380 g/mol. The number of anilines is 1. The van der Waals surface area contributed by atoms with E-state index in [1.165, 1.54) is 0 Å². The number of rotatable bonds is 5. The van der Waals surface area contributed by atoms with E-state index in [1.807, 2.05) is 50.2 Å². The van der Waals surface area contributed by atoms with Crippen LogP contribution in [0.25, 0.3) is 0 Å². The zero-order valence-electron chi connectivity index (χ0n) is 15.4. The third-order valence-electron chi connectivity index (χ3n) is 4.39. The summed E-state index contributed by atoms with van der Waals surface area (Å²) in [6.07, 6.45) is 1.69. The van der Waals surface area contributed by atoms with Crippen molar-refractivity contribution in [2.75, 3.05) is 11.4 Å². The van der Waals surface area contributed by atoms with Crippen LogP contribution in [0.3, 0.4) is 0 Å². The maximum absolute atomic E-state index is 13.1. The molecule has 27 heavy (non-hydrogen) atoms. The highest BCUT2D eigenvalue weighted by Crippen LogP contribution is 2.18. The Hall–Kier alpha value is -2.85. The number of aromatic nitrogens is 1. The fourth-order valence-corrected chi connectivity index (χ4v) is 3.12. The van der Waals surface area contributed by atoms with Gasteiger partial charge in [-0.3, -0.25) is 9.59 Å². The van der Waals surface area contributed by atoms with Crippen molar-refractivity contribution in [2.24, 2.45) is 0 Å². The van der Waals surface area contributed by atoms with E-state index < -0.39 is 0 Å². The van der Waals surface area contributed by atoms with Crippen LogP contribution in [0.4, 0.5) is 5.69 Å². The molecule has 1 amide bonds. The van der Waals surface area contributed by atoms with Crippen molar-refractivity contribution in [1.82, 2.24) is 4.57 Å². The van der Waals surface area contributed by atoms with Crippen molar-refractivity contribution in [3.8, 4) is 0 Å². The fourth-order valence-electron chi connectivity index (χ4n) is 3.00. The van der Waals surface area contributed by atoms with Gasteiger partial charge in [0, 0.05) is 23.5 Å². The lowest BCUT2D eigenvalue weighted by Gasteiger charge is -2.21. The van der Waals surface area contributed by atoms with Crippen LogP contribution in [0, 0.1) is 6.92 Å². The number of nitrogens with zero attached hydrogens (tertiary/aromatic N) is 2. The minimum absolute atomic E-state index is 0.162. The molecule has 0 unspecified atom stereocenters. The second-order valence-corrected chi connectivity index (χ2v) is 6.81. The van der Waals surface area contributed by atoms with Crippen LogP contribution in [-0.2, 0) is 6.54 Å². The molecule has 0 spiro atoms. The zero-order chi connectivity index (χ0) is 19.4. The van der Waals surface area contributed by atoms with Crippen LogP contribution in [0.5, 0.6) is 0 Å². The maximum atomic E-state index is 13.1. The summed E-state index contributed by atoms with van der Waals surface area (Å²) >= 11 is 5.91. The van der Waals surface area contributed by atoms with Crippen LogP contribution in [0.15, 0.2) is 71.7 Å². The van der Waals surface area contributed by atoms with Gasteiger partial charge in [0.2, 0.25) is 0 Å². The summed E-state index contributed by atoms with van der Waals surface area (Å²) in [5.41, 5.74) is 2.65. The van der Waals surface area contributed by atoms with Gasteiger partial charge in [-0.1, -0.05) is 35.9 Å². The Morgan fingerprint density at radius 3 is 2.48 bits per heavy atom. The van der Waals surface area contributed by atoms with Crippen molar-refractivity contribution in [3.63, 3.8) is 0 Å². The van der Waals surface area contributed by atoms with Gasteiger partial charge in [0.25, 0.3) is 11.5 Å².